The predicted octanol–water partition coefficient (Wildman–Crippen LogP) is -0.222. The molecule has 0 aliphatic carbocycles. The fourth-order valence-corrected chi connectivity index (χ4v) is 3.15. The fourth-order valence-electron chi connectivity index (χ4n) is 3.15. The third-order valence-corrected chi connectivity index (χ3v) is 4.24. The van der Waals surface area contributed by atoms with Crippen molar-refractivity contribution < 1.29 is 9.59 Å². The van der Waals surface area contributed by atoms with Gasteiger partial charge in [0.2, 0.25) is 5.91 Å². The number of hydrogen-bond acceptors (Lipinski definition) is 5. The van der Waals surface area contributed by atoms with Gasteiger partial charge in [-0.25, -0.2) is 9.48 Å². The number of piperidine rings is 1. The molecule has 2 aliphatic heterocycles. The van der Waals surface area contributed by atoms with E-state index in [0.717, 1.165) is 12.8 Å². The van der Waals surface area contributed by atoms with Crippen LogP contribution in [0, 0.1) is 5.92 Å². The molecule has 3 heterocycles. The molecule has 2 fully saturated rings. The molecule has 0 bridgehead atoms. The molecule has 2 atom stereocenters. The maximum atomic E-state index is 12.5. The van der Waals surface area contributed by atoms with Crippen molar-refractivity contribution in [3.05, 3.63) is 0 Å². The summed E-state index contributed by atoms with van der Waals surface area (Å²) in [7, 11) is 1.79. The van der Waals surface area contributed by atoms with Crippen molar-refractivity contribution in [3.63, 3.8) is 0 Å². The molecule has 2 aliphatic rings. The van der Waals surface area contributed by atoms with Gasteiger partial charge in [-0.05, 0) is 30.2 Å². The Hall–Kier alpha value is -2.19. The van der Waals surface area contributed by atoms with Gasteiger partial charge in [-0.1, -0.05) is 5.10 Å². The smallest absolute Gasteiger partial charge is 0.324 e. The summed E-state index contributed by atoms with van der Waals surface area (Å²) in [5.41, 5.74) is 0. The number of likely N-dealkylation sites (tertiary alicyclic amines) is 2. The van der Waals surface area contributed by atoms with Gasteiger partial charge in [0.25, 0.3) is 5.95 Å². The Balaban J connectivity index is 1.74. The van der Waals surface area contributed by atoms with Crippen molar-refractivity contribution in [1.82, 2.24) is 30.0 Å². The molecule has 0 radical (unpaired) electrons. The summed E-state index contributed by atoms with van der Waals surface area (Å²) in [5, 5.41) is 13.9. The van der Waals surface area contributed by atoms with E-state index >= 15 is 0 Å². The molecule has 9 heteroatoms. The molecule has 9 nitrogen and oxygen atoms in total. The molecule has 1 aromatic heterocycles. The summed E-state index contributed by atoms with van der Waals surface area (Å²) < 4.78 is 1.52. The Kier molecular flexibility index (Phi) is 3.48. The highest BCUT2D eigenvalue weighted by atomic mass is 16.2. The average Bonchev–Trinajstić information content (AvgIpc) is 3.04. The van der Waals surface area contributed by atoms with Gasteiger partial charge in [-0.15, -0.1) is 0 Å². The van der Waals surface area contributed by atoms with E-state index in [1.165, 1.54) is 4.68 Å². The third-order valence-electron chi connectivity index (χ3n) is 4.24. The summed E-state index contributed by atoms with van der Waals surface area (Å²) in [6.07, 6.45) is 1.69. The lowest BCUT2D eigenvalue weighted by molar-refractivity contribution is -0.130. The first-order valence-electron chi connectivity index (χ1n) is 7.20. The molecular weight excluding hydrogens is 274 g/mol. The molecule has 21 heavy (non-hydrogen) atoms. The van der Waals surface area contributed by atoms with E-state index in [-0.39, 0.29) is 23.9 Å². The van der Waals surface area contributed by atoms with Gasteiger partial charge in [-0.2, -0.15) is 0 Å². The maximum absolute atomic E-state index is 12.5. The molecule has 0 spiro atoms. The van der Waals surface area contributed by atoms with E-state index in [4.69, 9.17) is 0 Å². The van der Waals surface area contributed by atoms with Gasteiger partial charge >= 0.3 is 6.03 Å². The number of tetrazole rings is 1. The minimum Gasteiger partial charge on any atom is -0.343 e. The summed E-state index contributed by atoms with van der Waals surface area (Å²) >= 11 is 0. The van der Waals surface area contributed by atoms with E-state index in [2.05, 4.69) is 20.8 Å². The van der Waals surface area contributed by atoms with Crippen molar-refractivity contribution in [3.8, 4) is 0 Å². The molecule has 2 saturated heterocycles. The number of aryl methyl sites for hydroxylation is 1. The first-order chi connectivity index (χ1) is 10.1. The van der Waals surface area contributed by atoms with Crippen LogP contribution in [0.25, 0.3) is 0 Å². The monoisotopic (exact) mass is 293 g/mol. The molecular formula is C12H19N7O2. The number of hydrogen-bond donors (Lipinski definition) is 1. The fraction of sp³-hybridized carbons (Fsp3) is 0.750. The zero-order valence-corrected chi connectivity index (χ0v) is 12.2. The highest BCUT2D eigenvalue weighted by Crippen LogP contribution is 2.31. The number of amides is 3. The standard InChI is InChI=1S/C12H19N7O2/c1-3-19-11(14-15-16-19)13-12(21)18-6-4-5-8-9(18)7-17(2)10(8)20/h8-9H,3-7H2,1-2H3,(H,13,14,16,21)/t8-,9-/m1/s1. The SMILES string of the molecule is CCn1nnnc1NC(=O)N1CCC[C@H]2C(=O)N(C)C[C@H]21. The number of nitrogens with zero attached hydrogens (tertiary/aromatic N) is 6. The number of urea groups is 1. The van der Waals surface area contributed by atoms with Crippen LogP contribution in [0.15, 0.2) is 0 Å². The number of carbonyl (C=O) groups is 2. The van der Waals surface area contributed by atoms with Gasteiger partial charge < -0.3 is 9.80 Å². The molecule has 0 saturated carbocycles. The number of nitrogens with one attached hydrogen (secondary N) is 1. The number of aromatic nitrogens is 4. The summed E-state index contributed by atoms with van der Waals surface area (Å²) in [6, 6.07) is -0.292. The lowest BCUT2D eigenvalue weighted by Gasteiger charge is -2.35. The average molecular weight is 293 g/mol. The lowest BCUT2D eigenvalue weighted by atomic mass is 9.92. The van der Waals surface area contributed by atoms with Crippen LogP contribution in [0.3, 0.4) is 0 Å². The molecule has 114 valence electrons. The van der Waals surface area contributed by atoms with Crippen molar-refractivity contribution in [1.29, 1.82) is 0 Å². The Labute approximate surface area is 122 Å². The van der Waals surface area contributed by atoms with Crippen LogP contribution < -0.4 is 5.32 Å². The highest BCUT2D eigenvalue weighted by Gasteiger charge is 2.45. The first kappa shape index (κ1) is 13.8. The number of carbonyl (C=O) groups excluding carboxylic acids is 2. The highest BCUT2D eigenvalue weighted by molar-refractivity contribution is 5.90. The summed E-state index contributed by atoms with van der Waals surface area (Å²) in [6.45, 7) is 3.72. The molecule has 0 aromatic carbocycles. The van der Waals surface area contributed by atoms with Crippen LogP contribution in [-0.4, -0.2) is 68.1 Å². The van der Waals surface area contributed by atoms with E-state index < -0.39 is 0 Å². The van der Waals surface area contributed by atoms with Crippen LogP contribution in [0.5, 0.6) is 0 Å². The van der Waals surface area contributed by atoms with E-state index in [9.17, 15) is 9.59 Å². The van der Waals surface area contributed by atoms with Crippen LogP contribution >= 0.6 is 0 Å². The van der Waals surface area contributed by atoms with Crippen molar-refractivity contribution in [2.45, 2.75) is 32.4 Å². The van der Waals surface area contributed by atoms with Crippen LogP contribution in [0.2, 0.25) is 0 Å². The Morgan fingerprint density at radius 2 is 2.29 bits per heavy atom. The van der Waals surface area contributed by atoms with Crippen molar-refractivity contribution in [2.75, 3.05) is 25.5 Å². The predicted molar refractivity (Wildman–Crippen MR) is 73.4 cm³/mol. The van der Waals surface area contributed by atoms with Gasteiger partial charge in [0.05, 0.1) is 12.0 Å². The van der Waals surface area contributed by atoms with Crippen LogP contribution in [0.1, 0.15) is 19.8 Å². The Morgan fingerprint density at radius 1 is 1.48 bits per heavy atom. The molecule has 3 rings (SSSR count). The number of likely N-dealkylation sites (N-methyl/N-ethyl adjacent to an activating group) is 1. The van der Waals surface area contributed by atoms with Gasteiger partial charge in [0.15, 0.2) is 0 Å². The second kappa shape index (κ2) is 5.30. The second-order valence-electron chi connectivity index (χ2n) is 5.48. The minimum absolute atomic E-state index is 0.0535. The van der Waals surface area contributed by atoms with E-state index in [0.29, 0.717) is 25.6 Å². The maximum Gasteiger partial charge on any atom is 0.324 e. The second-order valence-corrected chi connectivity index (χ2v) is 5.48. The van der Waals surface area contributed by atoms with Gasteiger partial charge in [-0.3, -0.25) is 10.1 Å². The third kappa shape index (κ3) is 2.32. The summed E-state index contributed by atoms with van der Waals surface area (Å²) in [5.74, 6) is 0.398. The number of anilines is 1. The quantitative estimate of drug-likeness (QED) is 0.813. The first-order valence-corrected chi connectivity index (χ1v) is 7.20. The Morgan fingerprint density at radius 3 is 3.05 bits per heavy atom. The van der Waals surface area contributed by atoms with E-state index in [1.54, 1.807) is 16.8 Å². The number of fused-ring (bicyclic) bond motifs is 1. The zero-order chi connectivity index (χ0) is 15.0. The Bertz CT molecular complexity index is 558. The zero-order valence-electron chi connectivity index (χ0n) is 12.2. The van der Waals surface area contributed by atoms with Gasteiger partial charge in [0.1, 0.15) is 0 Å². The molecule has 3 amide bonds. The topological polar surface area (TPSA) is 96.2 Å². The van der Waals surface area contributed by atoms with Crippen molar-refractivity contribution in [2.24, 2.45) is 5.92 Å². The molecule has 1 N–H and O–H groups in total. The van der Waals surface area contributed by atoms with E-state index in [1.807, 2.05) is 6.92 Å². The van der Waals surface area contributed by atoms with Crippen LogP contribution in [-0.2, 0) is 11.3 Å². The molecule has 0 unspecified atom stereocenters. The largest absolute Gasteiger partial charge is 0.343 e. The minimum atomic E-state index is -0.239. The van der Waals surface area contributed by atoms with Crippen LogP contribution in [0.4, 0.5) is 10.7 Å². The lowest BCUT2D eigenvalue weighted by Crippen LogP contribution is -2.50. The normalized spacial score (nSPS) is 25.1. The summed E-state index contributed by atoms with van der Waals surface area (Å²) in [4.78, 5) is 28.0. The van der Waals surface area contributed by atoms with Crippen molar-refractivity contribution >= 4 is 17.9 Å². The number of rotatable bonds is 2. The van der Waals surface area contributed by atoms with Gasteiger partial charge in [0, 0.05) is 26.7 Å². The molecule has 1 aromatic rings.